The van der Waals surface area contributed by atoms with Crippen molar-refractivity contribution in [3.63, 3.8) is 0 Å². The van der Waals surface area contributed by atoms with E-state index in [-0.39, 0.29) is 0 Å². The quantitative estimate of drug-likeness (QED) is 0.495. The van der Waals surface area contributed by atoms with Gasteiger partial charge in [0.1, 0.15) is 0 Å². The van der Waals surface area contributed by atoms with Crippen molar-refractivity contribution >= 4 is 22.7 Å². The van der Waals surface area contributed by atoms with Gasteiger partial charge >= 0.3 is 158 Å². The number of benzene rings is 3. The van der Waals surface area contributed by atoms with E-state index >= 15 is 0 Å². The molecule has 0 radical (unpaired) electrons. The predicted octanol–water partition coefficient (Wildman–Crippen LogP) is 5.27. The van der Waals surface area contributed by atoms with Gasteiger partial charge in [-0.1, -0.05) is 0 Å². The average Bonchev–Trinajstić information content (AvgIpc) is 2.73. The Morgan fingerprint density at radius 1 is 0.615 bits per heavy atom. The van der Waals surface area contributed by atoms with Crippen LogP contribution in [0.1, 0.15) is 26.7 Å². The first kappa shape index (κ1) is 18.8. The molecule has 1 nitrogen and oxygen atoms in total. The number of hydrogen-bond acceptors (Lipinski definition) is 1. The van der Waals surface area contributed by atoms with Gasteiger partial charge in [0, 0.05) is 0 Å². The van der Waals surface area contributed by atoms with Gasteiger partial charge < -0.3 is 0 Å². The maximum absolute atomic E-state index is 7.01. The zero-order valence-electron chi connectivity index (χ0n) is 15.8. The molecule has 0 aliphatic carbocycles. The Hall–Kier alpha value is -1.95. The van der Waals surface area contributed by atoms with Crippen LogP contribution in [0.2, 0.25) is 0 Å². The van der Waals surface area contributed by atoms with Crippen molar-refractivity contribution in [1.29, 1.82) is 0 Å². The van der Waals surface area contributed by atoms with Crippen molar-refractivity contribution in [3.8, 4) is 0 Å². The first-order valence-corrected chi connectivity index (χ1v) is 11.9. The molecule has 0 saturated heterocycles. The monoisotopic (exact) mass is 364 g/mol. The van der Waals surface area contributed by atoms with E-state index in [2.05, 4.69) is 105 Å². The van der Waals surface area contributed by atoms with Crippen LogP contribution in [0.15, 0.2) is 91.0 Å². The molecule has 0 atom stereocenters. The Balaban J connectivity index is 2.45. The summed E-state index contributed by atoms with van der Waals surface area (Å²) in [5.41, 5.74) is 0. The van der Waals surface area contributed by atoms with Crippen LogP contribution in [0.25, 0.3) is 0 Å². The zero-order chi connectivity index (χ0) is 18.3. The van der Waals surface area contributed by atoms with Crippen LogP contribution in [-0.2, 0) is 4.52 Å². The van der Waals surface area contributed by atoms with E-state index in [1.807, 2.05) is 0 Å². The molecule has 0 fully saturated rings. The first-order valence-electron chi connectivity index (χ1n) is 9.60. The van der Waals surface area contributed by atoms with Crippen molar-refractivity contribution < 1.29 is 4.52 Å². The van der Waals surface area contributed by atoms with Crippen molar-refractivity contribution in [2.24, 2.45) is 0 Å². The first-order chi connectivity index (χ1) is 12.8. The summed E-state index contributed by atoms with van der Waals surface area (Å²) < 4.78 is 7.01. The molecule has 2 heteroatoms. The van der Waals surface area contributed by atoms with Crippen LogP contribution >= 0.6 is 6.83 Å². The number of hydrogen-bond donors (Lipinski definition) is 0. The molecule has 136 valence electrons. The summed E-state index contributed by atoms with van der Waals surface area (Å²) in [7, 11) is 0. The van der Waals surface area contributed by atoms with Gasteiger partial charge in [-0.2, -0.15) is 0 Å². The molecule has 0 saturated carbocycles. The fourth-order valence-electron chi connectivity index (χ4n) is 4.10. The summed E-state index contributed by atoms with van der Waals surface area (Å²) in [6.07, 6.45) is 3.32. The van der Waals surface area contributed by atoms with Gasteiger partial charge in [0.15, 0.2) is 0 Å². The zero-order valence-corrected chi connectivity index (χ0v) is 16.7. The molecule has 3 rings (SSSR count). The van der Waals surface area contributed by atoms with Gasteiger partial charge in [-0.05, 0) is 0 Å². The third-order valence-corrected chi connectivity index (χ3v) is 11.4. The van der Waals surface area contributed by atoms with Gasteiger partial charge in [0.05, 0.1) is 0 Å². The minimum absolute atomic E-state index is 0.695. The molecule has 0 N–H and O–H groups in total. The molecule has 0 aliphatic heterocycles. The molecule has 3 aromatic rings. The third-order valence-electron chi connectivity index (χ3n) is 5.26. The van der Waals surface area contributed by atoms with Crippen LogP contribution in [-0.4, -0.2) is 12.8 Å². The minimum atomic E-state index is -3.01. The molecule has 0 aliphatic rings. The van der Waals surface area contributed by atoms with Gasteiger partial charge in [0.25, 0.3) is 0 Å². The van der Waals surface area contributed by atoms with Gasteiger partial charge in [-0.25, -0.2) is 0 Å². The van der Waals surface area contributed by atoms with E-state index in [4.69, 9.17) is 4.52 Å². The fourth-order valence-corrected chi connectivity index (χ4v) is 10.2. The van der Waals surface area contributed by atoms with E-state index in [0.29, 0.717) is 6.61 Å². The topological polar surface area (TPSA) is 9.23 Å². The Labute approximate surface area is 158 Å². The summed E-state index contributed by atoms with van der Waals surface area (Å²) >= 11 is 0. The van der Waals surface area contributed by atoms with E-state index in [1.165, 1.54) is 15.9 Å². The summed E-state index contributed by atoms with van der Waals surface area (Å²) in [6.45, 7) is 2.08. The molecule has 0 spiro atoms. The molecule has 0 amide bonds. The molecule has 0 bridgehead atoms. The van der Waals surface area contributed by atoms with E-state index in [1.54, 1.807) is 0 Å². The molecule has 0 aromatic heterocycles. The standard InChI is InChI=1S/C24H29OP/c1-3-5-21-26(25-4-2,22-15-9-6-10-16-22,23-17-11-7-12-18-23)24-19-13-8-14-20-24/h6-20H,3-5,21H2,1-2H3. The van der Waals surface area contributed by atoms with Gasteiger partial charge in [0.2, 0.25) is 0 Å². The average molecular weight is 364 g/mol. The Morgan fingerprint density at radius 2 is 1.00 bits per heavy atom. The van der Waals surface area contributed by atoms with Crippen LogP contribution in [0.3, 0.4) is 0 Å². The SMILES string of the molecule is CCCCP(OCC)(c1ccccc1)(c1ccccc1)c1ccccc1. The predicted molar refractivity (Wildman–Crippen MR) is 117 cm³/mol. The summed E-state index contributed by atoms with van der Waals surface area (Å²) in [4.78, 5) is 0. The summed E-state index contributed by atoms with van der Waals surface area (Å²) in [6, 6.07) is 32.8. The second-order valence-electron chi connectivity index (χ2n) is 6.71. The van der Waals surface area contributed by atoms with Crippen LogP contribution in [0.5, 0.6) is 0 Å². The molecule has 0 heterocycles. The van der Waals surface area contributed by atoms with Crippen molar-refractivity contribution in [2.45, 2.75) is 26.7 Å². The van der Waals surface area contributed by atoms with Crippen molar-refractivity contribution in [3.05, 3.63) is 91.0 Å². The normalized spacial score (nSPS) is 13.1. The second kappa shape index (κ2) is 8.16. The number of unbranched alkanes of at least 4 members (excludes halogenated alkanes) is 1. The maximum atomic E-state index is 7.01. The second-order valence-corrected chi connectivity index (χ2v) is 11.4. The van der Waals surface area contributed by atoms with E-state index < -0.39 is 6.83 Å². The van der Waals surface area contributed by atoms with E-state index in [9.17, 15) is 0 Å². The number of rotatable bonds is 8. The van der Waals surface area contributed by atoms with Crippen LogP contribution < -0.4 is 15.9 Å². The van der Waals surface area contributed by atoms with Crippen molar-refractivity contribution in [1.82, 2.24) is 0 Å². The van der Waals surface area contributed by atoms with Crippen LogP contribution in [0, 0.1) is 0 Å². The van der Waals surface area contributed by atoms with Crippen molar-refractivity contribution in [2.75, 3.05) is 12.8 Å². The molecule has 0 unspecified atom stereocenters. The van der Waals surface area contributed by atoms with Crippen LogP contribution in [0.4, 0.5) is 0 Å². The molecule has 3 aromatic carbocycles. The summed E-state index contributed by atoms with van der Waals surface area (Å²) in [5.74, 6) is 0. The Bertz CT molecular complexity index is 700. The molecular weight excluding hydrogens is 335 g/mol. The Kier molecular flexibility index (Phi) is 5.91. The molecule has 26 heavy (non-hydrogen) atoms. The van der Waals surface area contributed by atoms with Gasteiger partial charge in [-0.15, -0.1) is 0 Å². The third kappa shape index (κ3) is 3.00. The Morgan fingerprint density at radius 3 is 1.31 bits per heavy atom. The van der Waals surface area contributed by atoms with Gasteiger partial charge in [-0.3, -0.25) is 0 Å². The summed E-state index contributed by atoms with van der Waals surface area (Å²) in [5, 5.41) is 3.98. The van der Waals surface area contributed by atoms with E-state index in [0.717, 1.165) is 19.0 Å². The molecular formula is C24H29OP. The fraction of sp³-hybridized carbons (Fsp3) is 0.250.